The van der Waals surface area contributed by atoms with E-state index >= 15 is 0 Å². The maximum absolute atomic E-state index is 5.46. The molecule has 3 heteroatoms. The molecular formula is C53H35N3. The van der Waals surface area contributed by atoms with Crippen LogP contribution in [0.25, 0.3) is 104 Å². The van der Waals surface area contributed by atoms with Gasteiger partial charge in [-0.15, -0.1) is 0 Å². The van der Waals surface area contributed by atoms with Crippen LogP contribution in [0.3, 0.4) is 0 Å². The normalized spacial score (nSPS) is 13.3. The minimum Gasteiger partial charge on any atom is -0.309 e. The van der Waals surface area contributed by atoms with Crippen molar-refractivity contribution < 1.29 is 0 Å². The molecule has 0 saturated heterocycles. The van der Waals surface area contributed by atoms with Crippen molar-refractivity contribution in [2.75, 3.05) is 0 Å². The molecule has 262 valence electrons. The minimum atomic E-state index is -0.106. The van der Waals surface area contributed by atoms with Gasteiger partial charge in [0.15, 0.2) is 5.82 Å². The average Bonchev–Trinajstić information content (AvgIpc) is 3.69. The molecule has 0 unspecified atom stereocenters. The highest BCUT2D eigenvalue weighted by Crippen LogP contribution is 2.50. The third-order valence-electron chi connectivity index (χ3n) is 12.4. The molecule has 11 aromatic rings. The van der Waals surface area contributed by atoms with Gasteiger partial charge in [0.25, 0.3) is 0 Å². The van der Waals surface area contributed by atoms with Crippen molar-refractivity contribution in [3.05, 3.63) is 187 Å². The Hall–Kier alpha value is -7.10. The van der Waals surface area contributed by atoms with Gasteiger partial charge in [0.1, 0.15) is 0 Å². The predicted octanol–water partition coefficient (Wildman–Crippen LogP) is 13.8. The molecule has 0 saturated carbocycles. The summed E-state index contributed by atoms with van der Waals surface area (Å²) in [6, 6.07) is 64.1. The van der Waals surface area contributed by atoms with Gasteiger partial charge in [0.2, 0.25) is 0 Å². The third-order valence-corrected chi connectivity index (χ3v) is 12.4. The Bertz CT molecular complexity index is 3460. The van der Waals surface area contributed by atoms with Gasteiger partial charge in [-0.1, -0.05) is 147 Å². The summed E-state index contributed by atoms with van der Waals surface area (Å²) < 4.78 is 2.46. The summed E-state index contributed by atoms with van der Waals surface area (Å²) in [7, 11) is 0. The standard InChI is InChI=1S/C53H35N3/c1-53(2)44-21-11-9-18-38(44)39-25-23-35(30-45(39)53)51-42-20-10-12-22-46(42)54-52(55-51)41-26-28-47(40-19-8-7-17-37(40)41)56-48-27-24-32-13-5-6-16-36(32)50(48)43-29-33-14-3-4-15-34(33)31-49(43)56/h3-31H,1-2H3. The zero-order valence-corrected chi connectivity index (χ0v) is 31.1. The monoisotopic (exact) mass is 713 g/mol. The first-order valence-corrected chi connectivity index (χ1v) is 19.4. The number of aromatic nitrogens is 3. The zero-order valence-electron chi connectivity index (χ0n) is 31.1. The van der Waals surface area contributed by atoms with E-state index in [0.29, 0.717) is 0 Å². The highest BCUT2D eigenvalue weighted by Gasteiger charge is 2.35. The van der Waals surface area contributed by atoms with Gasteiger partial charge in [-0.3, -0.25) is 0 Å². The molecule has 1 aliphatic rings. The van der Waals surface area contributed by atoms with Gasteiger partial charge in [-0.05, 0) is 91.6 Å². The second-order valence-electron chi connectivity index (χ2n) is 15.8. The van der Waals surface area contributed by atoms with Gasteiger partial charge >= 0.3 is 0 Å². The summed E-state index contributed by atoms with van der Waals surface area (Å²) in [5.41, 5.74) is 12.8. The minimum absolute atomic E-state index is 0.106. The van der Waals surface area contributed by atoms with Crippen LogP contribution in [0.15, 0.2) is 176 Å². The molecule has 1 aliphatic carbocycles. The van der Waals surface area contributed by atoms with E-state index in [0.717, 1.165) is 50.0 Å². The first-order valence-electron chi connectivity index (χ1n) is 19.4. The van der Waals surface area contributed by atoms with Crippen molar-refractivity contribution in [1.82, 2.24) is 14.5 Å². The number of fused-ring (bicyclic) bond motifs is 11. The van der Waals surface area contributed by atoms with E-state index in [-0.39, 0.29) is 5.41 Å². The van der Waals surface area contributed by atoms with Crippen molar-refractivity contribution in [1.29, 1.82) is 0 Å². The Labute approximate surface area is 324 Å². The van der Waals surface area contributed by atoms with Gasteiger partial charge in [-0.2, -0.15) is 0 Å². The van der Waals surface area contributed by atoms with Crippen molar-refractivity contribution in [3.8, 4) is 39.5 Å². The first-order chi connectivity index (χ1) is 27.5. The summed E-state index contributed by atoms with van der Waals surface area (Å²) in [5.74, 6) is 0.726. The lowest BCUT2D eigenvalue weighted by Crippen LogP contribution is -2.15. The maximum Gasteiger partial charge on any atom is 0.161 e. The molecule has 9 aromatic carbocycles. The van der Waals surface area contributed by atoms with Gasteiger partial charge in [0.05, 0.1) is 27.9 Å². The maximum atomic E-state index is 5.46. The molecule has 0 bridgehead atoms. The molecule has 12 rings (SSSR count). The lowest BCUT2D eigenvalue weighted by Gasteiger charge is -2.22. The molecule has 0 atom stereocenters. The van der Waals surface area contributed by atoms with Crippen LogP contribution in [0.5, 0.6) is 0 Å². The Kier molecular flexibility index (Phi) is 6.40. The Balaban J connectivity index is 1.10. The summed E-state index contributed by atoms with van der Waals surface area (Å²) >= 11 is 0. The van der Waals surface area contributed by atoms with E-state index in [2.05, 4.69) is 194 Å². The fourth-order valence-electron chi connectivity index (χ4n) is 9.67. The Morgan fingerprint density at radius 3 is 1.95 bits per heavy atom. The van der Waals surface area contributed by atoms with Crippen LogP contribution < -0.4 is 0 Å². The second kappa shape index (κ2) is 11.5. The van der Waals surface area contributed by atoms with E-state index in [9.17, 15) is 0 Å². The Morgan fingerprint density at radius 2 is 1.09 bits per heavy atom. The summed E-state index contributed by atoms with van der Waals surface area (Å²) in [4.78, 5) is 10.7. The van der Waals surface area contributed by atoms with Crippen LogP contribution in [-0.4, -0.2) is 14.5 Å². The van der Waals surface area contributed by atoms with Crippen LogP contribution in [0.1, 0.15) is 25.0 Å². The van der Waals surface area contributed by atoms with Crippen molar-refractivity contribution in [2.45, 2.75) is 19.3 Å². The Morgan fingerprint density at radius 1 is 0.429 bits per heavy atom. The predicted molar refractivity (Wildman–Crippen MR) is 235 cm³/mol. The van der Waals surface area contributed by atoms with Gasteiger partial charge in [0, 0.05) is 38.1 Å². The number of benzene rings is 9. The second-order valence-corrected chi connectivity index (χ2v) is 15.8. The molecule has 0 radical (unpaired) electrons. The molecule has 2 aromatic heterocycles. The molecule has 0 amide bonds. The highest BCUT2D eigenvalue weighted by atomic mass is 15.0. The number of hydrogen-bond acceptors (Lipinski definition) is 2. The number of nitrogens with zero attached hydrogens (tertiary/aromatic N) is 3. The third kappa shape index (κ3) is 4.34. The van der Waals surface area contributed by atoms with E-state index in [1.807, 2.05) is 0 Å². The fraction of sp³-hybridized carbons (Fsp3) is 0.0566. The lowest BCUT2D eigenvalue weighted by molar-refractivity contribution is 0.660. The summed E-state index contributed by atoms with van der Waals surface area (Å²) in [6.45, 7) is 4.67. The van der Waals surface area contributed by atoms with Crippen LogP contribution in [0.2, 0.25) is 0 Å². The SMILES string of the molecule is CC1(C)c2ccccc2-c2ccc(-c3nc(-c4ccc(-n5c6cc7ccccc7cc6c6c7ccccc7ccc65)c5ccccc45)nc4ccccc34)cc21. The fourth-order valence-corrected chi connectivity index (χ4v) is 9.67. The molecule has 3 nitrogen and oxygen atoms in total. The van der Waals surface area contributed by atoms with Crippen molar-refractivity contribution in [2.24, 2.45) is 0 Å². The molecule has 2 heterocycles. The summed E-state index contributed by atoms with van der Waals surface area (Å²) in [6.07, 6.45) is 0. The first kappa shape index (κ1) is 31.3. The quantitative estimate of drug-likeness (QED) is 0.182. The lowest BCUT2D eigenvalue weighted by atomic mass is 9.82. The molecular weight excluding hydrogens is 679 g/mol. The zero-order chi connectivity index (χ0) is 37.1. The smallest absolute Gasteiger partial charge is 0.161 e. The van der Waals surface area contributed by atoms with Crippen LogP contribution in [-0.2, 0) is 5.41 Å². The van der Waals surface area contributed by atoms with E-state index in [1.165, 1.54) is 65.6 Å². The van der Waals surface area contributed by atoms with Crippen LogP contribution >= 0.6 is 0 Å². The molecule has 56 heavy (non-hydrogen) atoms. The van der Waals surface area contributed by atoms with Crippen LogP contribution in [0, 0.1) is 0 Å². The molecule has 0 N–H and O–H groups in total. The molecule has 0 aliphatic heterocycles. The van der Waals surface area contributed by atoms with E-state index in [1.54, 1.807) is 0 Å². The van der Waals surface area contributed by atoms with Gasteiger partial charge in [-0.25, -0.2) is 9.97 Å². The van der Waals surface area contributed by atoms with E-state index < -0.39 is 0 Å². The highest BCUT2D eigenvalue weighted by molar-refractivity contribution is 6.24. The van der Waals surface area contributed by atoms with Crippen molar-refractivity contribution in [3.63, 3.8) is 0 Å². The van der Waals surface area contributed by atoms with Crippen LogP contribution in [0.4, 0.5) is 0 Å². The molecule has 0 fully saturated rings. The number of hydrogen-bond donors (Lipinski definition) is 0. The topological polar surface area (TPSA) is 30.7 Å². The number of para-hydroxylation sites is 1. The molecule has 0 spiro atoms. The van der Waals surface area contributed by atoms with Crippen molar-refractivity contribution >= 4 is 65.0 Å². The van der Waals surface area contributed by atoms with E-state index in [4.69, 9.17) is 9.97 Å². The number of rotatable bonds is 3. The van der Waals surface area contributed by atoms with Gasteiger partial charge < -0.3 is 4.57 Å². The summed E-state index contributed by atoms with van der Waals surface area (Å²) in [5, 5.41) is 10.8. The average molecular weight is 714 g/mol. The largest absolute Gasteiger partial charge is 0.309 e.